The first-order chi connectivity index (χ1) is 9.98. The van der Waals surface area contributed by atoms with E-state index in [2.05, 4.69) is 68.7 Å². The SMILES string of the molecule is CCCC(CBr)(CCC)COc1cc(C)ccc1C(C)C. The molecule has 0 aliphatic rings. The Morgan fingerprint density at radius 2 is 1.76 bits per heavy atom. The largest absolute Gasteiger partial charge is 0.493 e. The van der Waals surface area contributed by atoms with Crippen LogP contribution in [0.4, 0.5) is 0 Å². The Morgan fingerprint density at radius 3 is 2.24 bits per heavy atom. The van der Waals surface area contributed by atoms with Crippen molar-refractivity contribution >= 4 is 15.9 Å². The minimum atomic E-state index is 0.265. The molecule has 0 aliphatic carbocycles. The maximum absolute atomic E-state index is 6.31. The summed E-state index contributed by atoms with van der Waals surface area (Å²) < 4.78 is 6.31. The monoisotopic (exact) mass is 354 g/mol. The predicted molar refractivity (Wildman–Crippen MR) is 96.8 cm³/mol. The van der Waals surface area contributed by atoms with Crippen LogP contribution >= 0.6 is 15.9 Å². The lowest BCUT2D eigenvalue weighted by atomic mass is 9.82. The summed E-state index contributed by atoms with van der Waals surface area (Å²) in [6.45, 7) is 11.9. The van der Waals surface area contributed by atoms with Crippen LogP contribution in [-0.2, 0) is 0 Å². The Labute approximate surface area is 139 Å². The molecule has 0 saturated heterocycles. The first-order valence-corrected chi connectivity index (χ1v) is 9.39. The van der Waals surface area contributed by atoms with Crippen molar-refractivity contribution in [1.29, 1.82) is 0 Å². The van der Waals surface area contributed by atoms with Crippen LogP contribution < -0.4 is 4.74 Å². The molecule has 120 valence electrons. The van der Waals surface area contributed by atoms with Gasteiger partial charge in [0.15, 0.2) is 0 Å². The molecule has 0 bridgehead atoms. The van der Waals surface area contributed by atoms with Crippen LogP contribution in [0, 0.1) is 12.3 Å². The quantitative estimate of drug-likeness (QED) is 0.461. The zero-order valence-corrected chi connectivity index (χ0v) is 15.9. The van der Waals surface area contributed by atoms with Crippen molar-refractivity contribution in [3.05, 3.63) is 29.3 Å². The zero-order valence-electron chi connectivity index (χ0n) is 14.3. The van der Waals surface area contributed by atoms with Gasteiger partial charge in [0.25, 0.3) is 0 Å². The van der Waals surface area contributed by atoms with E-state index in [-0.39, 0.29) is 5.41 Å². The summed E-state index contributed by atoms with van der Waals surface area (Å²) in [5.41, 5.74) is 2.85. The fourth-order valence-electron chi connectivity index (χ4n) is 2.98. The molecule has 1 aromatic rings. The third kappa shape index (κ3) is 5.32. The number of rotatable bonds is 9. The second-order valence-electron chi connectivity index (χ2n) is 6.62. The van der Waals surface area contributed by atoms with Crippen molar-refractivity contribution in [2.45, 2.75) is 66.2 Å². The van der Waals surface area contributed by atoms with E-state index in [1.807, 2.05) is 0 Å². The Balaban J connectivity index is 2.91. The summed E-state index contributed by atoms with van der Waals surface area (Å²) in [4.78, 5) is 0. The fourth-order valence-corrected chi connectivity index (χ4v) is 3.70. The van der Waals surface area contributed by atoms with Crippen molar-refractivity contribution < 1.29 is 4.74 Å². The van der Waals surface area contributed by atoms with Crippen molar-refractivity contribution in [3.63, 3.8) is 0 Å². The molecule has 0 aliphatic heterocycles. The van der Waals surface area contributed by atoms with Gasteiger partial charge in [-0.25, -0.2) is 0 Å². The van der Waals surface area contributed by atoms with E-state index >= 15 is 0 Å². The summed E-state index contributed by atoms with van der Waals surface area (Å²) >= 11 is 3.73. The highest BCUT2D eigenvalue weighted by Crippen LogP contribution is 2.35. The zero-order chi connectivity index (χ0) is 15.9. The molecule has 1 aromatic carbocycles. The van der Waals surface area contributed by atoms with Crippen molar-refractivity contribution in [3.8, 4) is 5.75 Å². The topological polar surface area (TPSA) is 9.23 Å². The van der Waals surface area contributed by atoms with Crippen LogP contribution in [0.1, 0.15) is 70.4 Å². The molecule has 1 nitrogen and oxygen atoms in total. The molecule has 1 rings (SSSR count). The van der Waals surface area contributed by atoms with Gasteiger partial charge in [-0.15, -0.1) is 0 Å². The van der Waals surface area contributed by atoms with Crippen LogP contribution in [0.2, 0.25) is 0 Å². The van der Waals surface area contributed by atoms with Crippen molar-refractivity contribution in [2.24, 2.45) is 5.41 Å². The number of halogens is 1. The van der Waals surface area contributed by atoms with Crippen LogP contribution in [-0.4, -0.2) is 11.9 Å². The number of benzene rings is 1. The van der Waals surface area contributed by atoms with Gasteiger partial charge in [0, 0.05) is 10.7 Å². The maximum Gasteiger partial charge on any atom is 0.123 e. The summed E-state index contributed by atoms with van der Waals surface area (Å²) in [6.07, 6.45) is 4.85. The molecule has 0 unspecified atom stereocenters. The predicted octanol–water partition coefficient (Wildman–Crippen LogP) is 6.48. The highest BCUT2D eigenvalue weighted by atomic mass is 79.9. The number of hydrogen-bond acceptors (Lipinski definition) is 1. The van der Waals surface area contributed by atoms with E-state index in [1.165, 1.54) is 36.8 Å². The first kappa shape index (κ1) is 18.5. The fraction of sp³-hybridized carbons (Fsp3) is 0.684. The smallest absolute Gasteiger partial charge is 0.123 e. The Bertz CT molecular complexity index is 420. The van der Waals surface area contributed by atoms with Gasteiger partial charge in [0.05, 0.1) is 6.61 Å². The lowest BCUT2D eigenvalue weighted by molar-refractivity contribution is 0.143. The second-order valence-corrected chi connectivity index (χ2v) is 7.18. The first-order valence-electron chi connectivity index (χ1n) is 8.27. The molecule has 0 radical (unpaired) electrons. The molecule has 0 aromatic heterocycles. The maximum atomic E-state index is 6.31. The summed E-state index contributed by atoms with van der Waals surface area (Å²) in [7, 11) is 0. The highest BCUT2D eigenvalue weighted by Gasteiger charge is 2.28. The highest BCUT2D eigenvalue weighted by molar-refractivity contribution is 9.09. The molecular formula is C19H31BrO. The van der Waals surface area contributed by atoms with Gasteiger partial charge in [0.1, 0.15) is 5.75 Å². The third-order valence-electron chi connectivity index (χ3n) is 4.17. The molecule has 2 heteroatoms. The van der Waals surface area contributed by atoms with E-state index in [0.717, 1.165) is 17.7 Å². The minimum Gasteiger partial charge on any atom is -0.493 e. The van der Waals surface area contributed by atoms with Crippen molar-refractivity contribution in [2.75, 3.05) is 11.9 Å². The average Bonchev–Trinajstić information content (AvgIpc) is 2.45. The number of aryl methyl sites for hydroxylation is 1. The minimum absolute atomic E-state index is 0.265. The van der Waals surface area contributed by atoms with E-state index in [0.29, 0.717) is 5.92 Å². The van der Waals surface area contributed by atoms with E-state index in [1.54, 1.807) is 0 Å². The van der Waals surface area contributed by atoms with Crippen LogP contribution in [0.15, 0.2) is 18.2 Å². The van der Waals surface area contributed by atoms with Crippen LogP contribution in [0.25, 0.3) is 0 Å². The summed E-state index contributed by atoms with van der Waals surface area (Å²) in [5.74, 6) is 1.57. The molecule has 0 heterocycles. The molecule has 0 amide bonds. The van der Waals surface area contributed by atoms with Gasteiger partial charge in [-0.05, 0) is 42.9 Å². The van der Waals surface area contributed by atoms with Gasteiger partial charge in [0.2, 0.25) is 0 Å². The second kappa shape index (κ2) is 8.82. The number of alkyl halides is 1. The van der Waals surface area contributed by atoms with Crippen molar-refractivity contribution in [1.82, 2.24) is 0 Å². The molecule has 0 spiro atoms. The molecule has 0 atom stereocenters. The van der Waals surface area contributed by atoms with Crippen LogP contribution in [0.3, 0.4) is 0 Å². The lowest BCUT2D eigenvalue weighted by Gasteiger charge is -2.32. The Kier molecular flexibility index (Phi) is 7.79. The standard InChI is InChI=1S/C19H31BrO/c1-6-10-19(13-20,11-7-2)14-21-18-12-16(5)8-9-17(18)15(3)4/h8-9,12,15H,6-7,10-11,13-14H2,1-5H3. The van der Waals surface area contributed by atoms with Gasteiger partial charge < -0.3 is 4.74 Å². The lowest BCUT2D eigenvalue weighted by Crippen LogP contribution is -2.30. The van der Waals surface area contributed by atoms with Gasteiger partial charge in [-0.2, -0.15) is 0 Å². The van der Waals surface area contributed by atoms with Gasteiger partial charge in [-0.1, -0.05) is 68.6 Å². The normalized spacial score (nSPS) is 12.0. The Hall–Kier alpha value is -0.500. The van der Waals surface area contributed by atoms with Gasteiger partial charge in [-0.3, -0.25) is 0 Å². The number of hydrogen-bond donors (Lipinski definition) is 0. The van der Waals surface area contributed by atoms with E-state index < -0.39 is 0 Å². The molecular weight excluding hydrogens is 324 g/mol. The summed E-state index contributed by atoms with van der Waals surface area (Å²) in [6, 6.07) is 6.58. The summed E-state index contributed by atoms with van der Waals surface area (Å²) in [5, 5.41) is 1.02. The molecule has 0 saturated carbocycles. The average molecular weight is 355 g/mol. The van der Waals surface area contributed by atoms with Gasteiger partial charge >= 0.3 is 0 Å². The van der Waals surface area contributed by atoms with E-state index in [9.17, 15) is 0 Å². The molecule has 21 heavy (non-hydrogen) atoms. The third-order valence-corrected chi connectivity index (χ3v) is 5.36. The van der Waals surface area contributed by atoms with E-state index in [4.69, 9.17) is 4.74 Å². The number of ether oxygens (including phenoxy) is 1. The van der Waals surface area contributed by atoms with Crippen LogP contribution in [0.5, 0.6) is 5.75 Å². The molecule has 0 N–H and O–H groups in total. The Morgan fingerprint density at radius 1 is 1.14 bits per heavy atom. The molecule has 0 fully saturated rings.